The molecule has 5 heteroatoms. The van der Waals surface area contributed by atoms with Crippen LogP contribution in [0.4, 0.5) is 0 Å². The summed E-state index contributed by atoms with van der Waals surface area (Å²) in [6.07, 6.45) is 1.61. The number of nitrogens with zero attached hydrogens (tertiary/aromatic N) is 3. The second-order valence-electron chi connectivity index (χ2n) is 19.2. The fourth-order valence-corrected chi connectivity index (χ4v) is 8.04. The van der Waals surface area contributed by atoms with Gasteiger partial charge in [0.05, 0.1) is 34.9 Å². The van der Waals surface area contributed by atoms with Crippen molar-refractivity contribution >= 4 is 11.0 Å². The fraction of sp³-hybridized carbons (Fsp3) is 0.246. The molecule has 0 saturated heterocycles. The summed E-state index contributed by atoms with van der Waals surface area (Å²) in [6, 6.07) is 35.8. The number of fused-ring (bicyclic) bond motifs is 1. The third-order valence-electron chi connectivity index (χ3n) is 11.5. The van der Waals surface area contributed by atoms with E-state index in [2.05, 4.69) is 172 Å². The smallest absolute Gasteiger partial charge is 0.665 e. The van der Waals surface area contributed by atoms with Crippen LogP contribution in [0.5, 0.6) is 5.75 Å². The molecule has 0 aliphatic rings. The molecule has 0 saturated carbocycles. The van der Waals surface area contributed by atoms with Crippen LogP contribution in [0.3, 0.4) is 0 Å². The van der Waals surface area contributed by atoms with Crippen LogP contribution >= 0.6 is 0 Å². The number of aromatic nitrogens is 3. The van der Waals surface area contributed by atoms with Gasteiger partial charge in [-0.2, -0.15) is 7.11 Å². The monoisotopic (exact) mass is 999 g/mol. The Morgan fingerprint density at radius 3 is 1.95 bits per heavy atom. The van der Waals surface area contributed by atoms with Crippen LogP contribution < -0.4 is 4.74 Å². The quantitative estimate of drug-likeness (QED) is 0.149. The van der Waals surface area contributed by atoms with Crippen LogP contribution in [0.25, 0.3) is 72.7 Å². The van der Waals surface area contributed by atoms with Gasteiger partial charge in [-0.25, -0.2) is 4.98 Å². The molecule has 316 valence electrons. The zero-order chi connectivity index (χ0) is 47.8. The molecule has 0 aliphatic carbocycles. The molecule has 0 atom stereocenters. The topological polar surface area (TPSA) is 39.9 Å². The average molecular weight is 1000 g/mol. The minimum Gasteiger partial charge on any atom is -0.665 e. The molecule has 0 amide bonds. The van der Waals surface area contributed by atoms with Gasteiger partial charge >= 0.3 is 21.1 Å². The molecule has 0 unspecified atom stereocenters. The third-order valence-corrected chi connectivity index (χ3v) is 11.5. The molecule has 0 fully saturated rings. The zero-order valence-corrected chi connectivity index (χ0v) is 39.9. The van der Waals surface area contributed by atoms with E-state index >= 15 is 0 Å². The molecule has 2 heterocycles. The summed E-state index contributed by atoms with van der Waals surface area (Å²) in [4.78, 5) is 10.4. The molecule has 2 aromatic heterocycles. The summed E-state index contributed by atoms with van der Waals surface area (Å²) in [5, 5.41) is 0. The number of imidazole rings is 1. The van der Waals surface area contributed by atoms with Crippen molar-refractivity contribution in [3.63, 3.8) is 0 Å². The summed E-state index contributed by atoms with van der Waals surface area (Å²) < 4.78 is 50.4. The fourth-order valence-electron chi connectivity index (χ4n) is 8.04. The van der Waals surface area contributed by atoms with Crippen LogP contribution in [0.15, 0.2) is 133 Å². The first-order valence-electron chi connectivity index (χ1n) is 23.4. The Balaban J connectivity index is 0.00000666. The first kappa shape index (κ1) is 38.1. The van der Waals surface area contributed by atoms with Gasteiger partial charge in [0.2, 0.25) is 0 Å². The van der Waals surface area contributed by atoms with Gasteiger partial charge in [-0.05, 0) is 93.3 Å². The van der Waals surface area contributed by atoms with Crippen LogP contribution in [0, 0.1) is 27.0 Å². The second kappa shape index (κ2) is 16.9. The number of hydrogen-bond donors (Lipinski definition) is 0. The van der Waals surface area contributed by atoms with Gasteiger partial charge in [0.1, 0.15) is 5.82 Å². The Bertz CT molecular complexity index is 3180. The normalized spacial score (nSPS) is 13.2. The summed E-state index contributed by atoms with van der Waals surface area (Å²) in [5.74, 6) is 1.36. The summed E-state index contributed by atoms with van der Waals surface area (Å²) in [6.45, 7) is 24.0. The van der Waals surface area contributed by atoms with E-state index in [0.717, 1.165) is 61.2 Å². The molecule has 0 N–H and O–H groups in total. The van der Waals surface area contributed by atoms with E-state index in [0.29, 0.717) is 28.4 Å². The molecular weight excluding hydrogens is 938 g/mol. The maximum Gasteiger partial charge on any atom is 2.00 e. The van der Waals surface area contributed by atoms with Crippen LogP contribution in [-0.4, -0.2) is 14.5 Å². The van der Waals surface area contributed by atoms with E-state index < -0.39 is 6.04 Å². The molecule has 4 nitrogen and oxygen atoms in total. The van der Waals surface area contributed by atoms with Crippen molar-refractivity contribution in [3.05, 3.63) is 174 Å². The van der Waals surface area contributed by atoms with E-state index in [9.17, 15) is 0 Å². The van der Waals surface area contributed by atoms with Crippen molar-refractivity contribution in [1.29, 1.82) is 0 Å². The second-order valence-corrected chi connectivity index (χ2v) is 19.2. The summed E-state index contributed by atoms with van der Waals surface area (Å²) in [7, 11) is 3.92. The molecule has 0 radical (unpaired) electrons. The van der Waals surface area contributed by atoms with E-state index in [1.807, 2.05) is 6.92 Å². The number of pyridine rings is 1. The molecule has 8 rings (SSSR count). The first-order valence-corrected chi connectivity index (χ1v) is 20.9. The maximum absolute atomic E-state index is 8.69. The van der Waals surface area contributed by atoms with Crippen LogP contribution in [-0.2, 0) is 37.3 Å². The Morgan fingerprint density at radius 2 is 1.29 bits per heavy atom. The Kier molecular flexibility index (Phi) is 10.4. The maximum atomic E-state index is 8.69. The van der Waals surface area contributed by atoms with E-state index in [4.69, 9.17) is 21.6 Å². The number of ether oxygens (including phenoxy) is 1. The standard InChI is InChI=1S/C57H57N3O.Pt/c1-36-29-37(2)53(61-12)48(30-36)54-59-52-47(41-31-42(33-45(32-41)57(9,10)11)49-34-40(27-28-58-49)38-17-14-13-15-18-38)19-16-20-50(52)60(54)51-35-44(56(6,7)8)25-26-46(51)39-21-23-43(24-22-39)55(3,4)5;/h13-30,32-35H,12H2,1-11H3;/q-2;+2/i13D,14D,15D,17D,18D;. The molecule has 0 bridgehead atoms. The van der Waals surface area contributed by atoms with Gasteiger partial charge in [0, 0.05) is 17.5 Å². The van der Waals surface area contributed by atoms with Crippen molar-refractivity contribution in [3.8, 4) is 67.5 Å². The minimum absolute atomic E-state index is 0. The van der Waals surface area contributed by atoms with Gasteiger partial charge in [0.15, 0.2) is 0 Å². The number of para-hydroxylation sites is 1. The van der Waals surface area contributed by atoms with Gasteiger partial charge in [-0.3, -0.25) is 9.55 Å². The number of benzene rings is 6. The Morgan fingerprint density at radius 1 is 0.629 bits per heavy atom. The number of hydrogen-bond acceptors (Lipinski definition) is 3. The molecular formula is C57H57N3OPt. The van der Waals surface area contributed by atoms with E-state index in [-0.39, 0.29) is 67.0 Å². The molecule has 8 aromatic rings. The molecule has 6 aromatic carbocycles. The Labute approximate surface area is 390 Å². The van der Waals surface area contributed by atoms with Crippen molar-refractivity contribution in [1.82, 2.24) is 14.5 Å². The third kappa shape index (κ3) is 8.73. The van der Waals surface area contributed by atoms with Crippen molar-refractivity contribution in [2.45, 2.75) is 92.4 Å². The van der Waals surface area contributed by atoms with Gasteiger partial charge in [0.25, 0.3) is 0 Å². The van der Waals surface area contributed by atoms with Crippen molar-refractivity contribution in [2.24, 2.45) is 0 Å². The van der Waals surface area contributed by atoms with Crippen LogP contribution in [0.2, 0.25) is 0 Å². The molecule has 62 heavy (non-hydrogen) atoms. The van der Waals surface area contributed by atoms with Crippen molar-refractivity contribution in [2.75, 3.05) is 0 Å². The van der Waals surface area contributed by atoms with Gasteiger partial charge in [-0.1, -0.05) is 164 Å². The zero-order valence-electron chi connectivity index (χ0n) is 42.6. The molecule has 0 spiro atoms. The van der Waals surface area contributed by atoms with E-state index in [1.54, 1.807) is 18.3 Å². The predicted molar refractivity (Wildman–Crippen MR) is 256 cm³/mol. The van der Waals surface area contributed by atoms with Crippen LogP contribution in [0.1, 0.15) is 97.0 Å². The van der Waals surface area contributed by atoms with E-state index in [1.165, 1.54) is 11.1 Å². The number of rotatable bonds is 7. The Hall–Kier alpha value is -5.57. The SMILES string of the molecule is [2H]c1c([2H])c([2H])c(-c2ccnc(-c3[c-]c(-c4cccc5c4nc(-c4cc(C)cc(C)c4O[CH2-])n5-c4cc(C(C)(C)C)ccc4-c4ccc(C(C)(C)C)cc4)cc(C(C)(C)C)c3)c2)c([2H])c1[2H].[Pt+2]. The first-order chi connectivity index (χ1) is 31.0. The predicted octanol–water partition coefficient (Wildman–Crippen LogP) is 15.2. The van der Waals surface area contributed by atoms with Gasteiger partial charge < -0.3 is 4.74 Å². The molecule has 0 aliphatic heterocycles. The average Bonchev–Trinajstić information content (AvgIpc) is 3.66. The minimum atomic E-state index is -0.431. The summed E-state index contributed by atoms with van der Waals surface area (Å²) >= 11 is 0. The summed E-state index contributed by atoms with van der Waals surface area (Å²) in [5.41, 5.74) is 14.2. The number of aryl methyl sites for hydroxylation is 2. The van der Waals surface area contributed by atoms with Crippen molar-refractivity contribution < 1.29 is 32.7 Å². The van der Waals surface area contributed by atoms with Gasteiger partial charge in [-0.15, -0.1) is 29.3 Å². The largest absolute Gasteiger partial charge is 2.00 e.